The molecule has 2 aliphatic heterocycles. The predicted octanol–water partition coefficient (Wildman–Crippen LogP) is 3.14. The van der Waals surface area contributed by atoms with E-state index in [0.29, 0.717) is 24.7 Å². The number of benzene rings is 2. The molecule has 0 radical (unpaired) electrons. The number of ether oxygens (including phenoxy) is 3. The monoisotopic (exact) mass is 492 g/mol. The standard InChI is InChI=1S/C24H29FN2O6S/c1-16(2)23(17-5-7-20-21(14-17)33-11-3-10-32-20)26-24(28)18-4-6-19(25)22(15-18)34(29,30)27-8-12-31-13-9-27/h4-7,14-16,23H,3,8-13H2,1-2H3,(H,26,28). The number of sulfonamides is 1. The van der Waals surface area contributed by atoms with Crippen molar-refractivity contribution in [3.05, 3.63) is 53.3 Å². The number of fused-ring (bicyclic) bond motifs is 1. The van der Waals surface area contributed by atoms with E-state index < -0.39 is 26.6 Å². The van der Waals surface area contributed by atoms with Crippen molar-refractivity contribution >= 4 is 15.9 Å². The molecule has 1 saturated heterocycles. The van der Waals surface area contributed by atoms with Crippen molar-refractivity contribution in [1.82, 2.24) is 9.62 Å². The molecule has 1 N–H and O–H groups in total. The molecule has 1 atom stereocenters. The molecule has 4 rings (SSSR count). The molecule has 0 aliphatic carbocycles. The molecule has 0 aromatic heterocycles. The number of morpholine rings is 1. The molecule has 2 aliphatic rings. The first-order valence-corrected chi connectivity index (χ1v) is 12.8. The van der Waals surface area contributed by atoms with Gasteiger partial charge in [0, 0.05) is 25.1 Å². The van der Waals surface area contributed by atoms with Gasteiger partial charge >= 0.3 is 0 Å². The maximum atomic E-state index is 14.5. The van der Waals surface area contributed by atoms with Gasteiger partial charge in [0.2, 0.25) is 10.0 Å². The average Bonchev–Trinajstić information content (AvgIpc) is 3.08. The molecule has 2 heterocycles. The van der Waals surface area contributed by atoms with Crippen LogP contribution in [0.4, 0.5) is 4.39 Å². The Hall–Kier alpha value is -2.69. The van der Waals surface area contributed by atoms with Gasteiger partial charge in [-0.3, -0.25) is 4.79 Å². The van der Waals surface area contributed by atoms with Gasteiger partial charge in [0.1, 0.15) is 10.7 Å². The van der Waals surface area contributed by atoms with Gasteiger partial charge < -0.3 is 19.5 Å². The maximum Gasteiger partial charge on any atom is 0.251 e. The van der Waals surface area contributed by atoms with Gasteiger partial charge in [-0.2, -0.15) is 4.31 Å². The topological polar surface area (TPSA) is 94.2 Å². The summed E-state index contributed by atoms with van der Waals surface area (Å²) in [6.45, 7) is 5.82. The second-order valence-electron chi connectivity index (χ2n) is 8.61. The van der Waals surface area contributed by atoms with Crippen LogP contribution in [0, 0.1) is 11.7 Å². The van der Waals surface area contributed by atoms with Gasteiger partial charge in [-0.15, -0.1) is 0 Å². The number of carbonyl (C=O) groups excluding carboxylic acids is 1. The first kappa shape index (κ1) is 24.4. The van der Waals surface area contributed by atoms with E-state index in [9.17, 15) is 17.6 Å². The Morgan fingerprint density at radius 1 is 1.00 bits per heavy atom. The van der Waals surface area contributed by atoms with Gasteiger partial charge in [0.15, 0.2) is 11.5 Å². The Labute approximate surface area is 199 Å². The molecule has 0 bridgehead atoms. The number of rotatable bonds is 6. The summed E-state index contributed by atoms with van der Waals surface area (Å²) in [5.41, 5.74) is 0.893. The second-order valence-corrected chi connectivity index (χ2v) is 10.5. The van der Waals surface area contributed by atoms with Crippen molar-refractivity contribution in [1.29, 1.82) is 0 Å². The van der Waals surface area contributed by atoms with E-state index >= 15 is 0 Å². The lowest BCUT2D eigenvalue weighted by Crippen LogP contribution is -2.41. The Balaban J connectivity index is 1.58. The molecule has 2 aromatic carbocycles. The molecule has 184 valence electrons. The van der Waals surface area contributed by atoms with Gasteiger partial charge in [0.25, 0.3) is 5.91 Å². The number of nitrogens with one attached hydrogen (secondary N) is 1. The molecule has 8 nitrogen and oxygen atoms in total. The van der Waals surface area contributed by atoms with Gasteiger partial charge in [-0.05, 0) is 41.8 Å². The van der Waals surface area contributed by atoms with Crippen LogP contribution >= 0.6 is 0 Å². The normalized spacial score (nSPS) is 17.8. The highest BCUT2D eigenvalue weighted by atomic mass is 32.2. The van der Waals surface area contributed by atoms with Crippen molar-refractivity contribution in [2.75, 3.05) is 39.5 Å². The van der Waals surface area contributed by atoms with Crippen LogP contribution in [0.3, 0.4) is 0 Å². The minimum Gasteiger partial charge on any atom is -0.490 e. The van der Waals surface area contributed by atoms with Gasteiger partial charge in [-0.1, -0.05) is 19.9 Å². The third kappa shape index (κ3) is 5.18. The summed E-state index contributed by atoms with van der Waals surface area (Å²) >= 11 is 0. The lowest BCUT2D eigenvalue weighted by Gasteiger charge is -2.26. The maximum absolute atomic E-state index is 14.5. The highest BCUT2D eigenvalue weighted by Crippen LogP contribution is 2.34. The highest BCUT2D eigenvalue weighted by Gasteiger charge is 2.30. The largest absolute Gasteiger partial charge is 0.490 e. The van der Waals surface area contributed by atoms with E-state index in [1.54, 1.807) is 0 Å². The van der Waals surface area contributed by atoms with E-state index in [0.717, 1.165) is 24.1 Å². The third-order valence-electron chi connectivity index (χ3n) is 5.87. The fraction of sp³-hybridized carbons (Fsp3) is 0.458. The summed E-state index contributed by atoms with van der Waals surface area (Å²) < 4.78 is 58.3. The zero-order valence-corrected chi connectivity index (χ0v) is 20.1. The summed E-state index contributed by atoms with van der Waals surface area (Å²) in [5.74, 6) is -0.0940. The fourth-order valence-electron chi connectivity index (χ4n) is 4.00. The Kier molecular flexibility index (Phi) is 7.39. The number of halogens is 1. The molecule has 10 heteroatoms. The third-order valence-corrected chi connectivity index (χ3v) is 7.78. The van der Waals surface area contributed by atoms with Crippen LogP contribution < -0.4 is 14.8 Å². The van der Waals surface area contributed by atoms with Crippen LogP contribution in [0.15, 0.2) is 41.3 Å². The number of hydrogen-bond donors (Lipinski definition) is 1. The summed E-state index contributed by atoms with van der Waals surface area (Å²) in [6, 6.07) is 8.56. The SMILES string of the molecule is CC(C)C(NC(=O)c1ccc(F)c(S(=O)(=O)N2CCOCC2)c1)c1ccc2c(c1)OCCCO2. The summed E-state index contributed by atoms with van der Waals surface area (Å²) in [5, 5.41) is 2.96. The second kappa shape index (κ2) is 10.3. The Morgan fingerprint density at radius 3 is 2.41 bits per heavy atom. The molecule has 34 heavy (non-hydrogen) atoms. The van der Waals surface area contributed by atoms with Crippen LogP contribution in [0.5, 0.6) is 11.5 Å². The van der Waals surface area contributed by atoms with Crippen molar-refractivity contribution in [3.63, 3.8) is 0 Å². The van der Waals surface area contributed by atoms with Crippen LogP contribution in [0.25, 0.3) is 0 Å². The first-order valence-electron chi connectivity index (χ1n) is 11.3. The smallest absolute Gasteiger partial charge is 0.251 e. The fourth-order valence-corrected chi connectivity index (χ4v) is 5.50. The number of nitrogens with zero attached hydrogens (tertiary/aromatic N) is 1. The molecule has 1 fully saturated rings. The lowest BCUT2D eigenvalue weighted by atomic mass is 9.95. The molecular formula is C24H29FN2O6S. The van der Waals surface area contributed by atoms with E-state index in [1.807, 2.05) is 32.0 Å². The van der Waals surface area contributed by atoms with Crippen molar-refractivity contribution in [2.45, 2.75) is 31.2 Å². The van der Waals surface area contributed by atoms with Crippen molar-refractivity contribution < 1.29 is 31.8 Å². The summed E-state index contributed by atoms with van der Waals surface area (Å²) in [7, 11) is -4.09. The predicted molar refractivity (Wildman–Crippen MR) is 123 cm³/mol. The summed E-state index contributed by atoms with van der Waals surface area (Å²) in [6.07, 6.45) is 0.786. The minimum absolute atomic E-state index is 0.0192. The molecule has 0 saturated carbocycles. The van der Waals surface area contributed by atoms with Crippen molar-refractivity contribution in [2.24, 2.45) is 5.92 Å². The van der Waals surface area contributed by atoms with Crippen LogP contribution in [-0.2, 0) is 14.8 Å². The Morgan fingerprint density at radius 2 is 1.71 bits per heavy atom. The molecule has 1 amide bonds. The van der Waals surface area contributed by atoms with Crippen LogP contribution in [-0.4, -0.2) is 58.1 Å². The molecular weight excluding hydrogens is 463 g/mol. The molecule has 2 aromatic rings. The van der Waals surface area contributed by atoms with Crippen molar-refractivity contribution in [3.8, 4) is 11.5 Å². The van der Waals surface area contributed by atoms with Crippen LogP contribution in [0.2, 0.25) is 0 Å². The van der Waals surface area contributed by atoms with Crippen LogP contribution in [0.1, 0.15) is 42.2 Å². The number of carbonyl (C=O) groups is 1. The van der Waals surface area contributed by atoms with E-state index in [-0.39, 0.29) is 43.8 Å². The quantitative estimate of drug-likeness (QED) is 0.666. The lowest BCUT2D eigenvalue weighted by molar-refractivity contribution is 0.0729. The van der Waals surface area contributed by atoms with Gasteiger partial charge in [-0.25, -0.2) is 12.8 Å². The minimum atomic E-state index is -4.09. The highest BCUT2D eigenvalue weighted by molar-refractivity contribution is 7.89. The van der Waals surface area contributed by atoms with E-state index in [1.165, 1.54) is 10.4 Å². The van der Waals surface area contributed by atoms with Gasteiger partial charge in [0.05, 0.1) is 32.5 Å². The average molecular weight is 493 g/mol. The first-order chi connectivity index (χ1) is 16.3. The zero-order valence-electron chi connectivity index (χ0n) is 19.3. The van der Waals surface area contributed by atoms with E-state index in [2.05, 4.69) is 5.32 Å². The van der Waals surface area contributed by atoms with E-state index in [4.69, 9.17) is 14.2 Å². The summed E-state index contributed by atoms with van der Waals surface area (Å²) in [4.78, 5) is 12.6. The Bertz CT molecular complexity index is 1150. The molecule has 1 unspecified atom stereocenters. The molecule has 0 spiro atoms. The number of hydrogen-bond acceptors (Lipinski definition) is 6. The zero-order chi connectivity index (χ0) is 24.3. The number of amides is 1.